The van der Waals surface area contributed by atoms with Gasteiger partial charge in [-0.2, -0.15) is 10.2 Å². The molecule has 0 N–H and O–H groups in total. The molecule has 4 rings (SSSR count). The van der Waals surface area contributed by atoms with Gasteiger partial charge >= 0.3 is 0 Å². The summed E-state index contributed by atoms with van der Waals surface area (Å²) in [5, 5.41) is 10.2. The van der Waals surface area contributed by atoms with Crippen LogP contribution in [0, 0.1) is 11.3 Å². The van der Waals surface area contributed by atoms with Crippen LogP contribution in [0.4, 0.5) is 5.88 Å². The van der Waals surface area contributed by atoms with Gasteiger partial charge in [0.1, 0.15) is 18.4 Å². The quantitative estimate of drug-likeness (QED) is 0.356. The van der Waals surface area contributed by atoms with Crippen molar-refractivity contribution in [3.63, 3.8) is 0 Å². The van der Waals surface area contributed by atoms with Gasteiger partial charge in [0.05, 0.1) is 0 Å². The topological polar surface area (TPSA) is 62.3 Å². The lowest BCUT2D eigenvalue weighted by Gasteiger charge is -2.15. The summed E-state index contributed by atoms with van der Waals surface area (Å²) < 4.78 is 11.8. The van der Waals surface area contributed by atoms with E-state index in [2.05, 4.69) is 11.1 Å². The Labute approximate surface area is 186 Å². The second-order valence-electron chi connectivity index (χ2n) is 7.03. The number of hydrogen-bond donors (Lipinski definition) is 0. The van der Waals surface area contributed by atoms with E-state index in [1.165, 1.54) is 0 Å². The number of nitriles is 1. The number of oxazole rings is 1. The predicted molar refractivity (Wildman–Crippen MR) is 121 cm³/mol. The van der Waals surface area contributed by atoms with Gasteiger partial charge in [-0.15, -0.1) is 0 Å². The van der Waals surface area contributed by atoms with Crippen LogP contribution in [0.5, 0.6) is 5.75 Å². The molecule has 0 unspecified atom stereocenters. The highest BCUT2D eigenvalue weighted by molar-refractivity contribution is 6.31. The zero-order valence-electron chi connectivity index (χ0n) is 17.0. The van der Waals surface area contributed by atoms with Crippen LogP contribution in [0.3, 0.4) is 0 Å². The van der Waals surface area contributed by atoms with Crippen molar-refractivity contribution in [2.45, 2.75) is 13.2 Å². The van der Waals surface area contributed by atoms with Crippen LogP contribution in [0.15, 0.2) is 83.3 Å². The molecule has 0 spiro atoms. The molecule has 1 heterocycles. The van der Waals surface area contributed by atoms with E-state index < -0.39 is 0 Å². The van der Waals surface area contributed by atoms with Crippen molar-refractivity contribution in [3.05, 3.63) is 101 Å². The molecule has 6 heteroatoms. The molecule has 0 saturated heterocycles. The minimum atomic E-state index is 0.257. The largest absolute Gasteiger partial charge is 0.489 e. The molecule has 4 aromatic rings. The maximum absolute atomic E-state index is 9.51. The van der Waals surface area contributed by atoms with Crippen molar-refractivity contribution in [1.82, 2.24) is 4.98 Å². The first kappa shape index (κ1) is 20.5. The lowest BCUT2D eigenvalue weighted by Crippen LogP contribution is -2.16. The van der Waals surface area contributed by atoms with Crippen molar-refractivity contribution in [2.24, 2.45) is 0 Å². The molecule has 0 saturated carbocycles. The van der Waals surface area contributed by atoms with Crippen LogP contribution in [0.25, 0.3) is 11.5 Å². The Balaban J connectivity index is 1.48. The number of rotatable bonds is 7. The lowest BCUT2D eigenvalue weighted by molar-refractivity contribution is 0.306. The van der Waals surface area contributed by atoms with E-state index in [-0.39, 0.29) is 5.69 Å². The third-order valence-corrected chi connectivity index (χ3v) is 5.15. The number of halogens is 1. The Morgan fingerprint density at radius 1 is 1.00 bits per heavy atom. The first-order valence-electron chi connectivity index (χ1n) is 9.76. The number of ether oxygens (including phenoxy) is 1. The summed E-state index contributed by atoms with van der Waals surface area (Å²) in [5.41, 5.74) is 3.06. The number of nitrogens with zero attached hydrogens (tertiary/aromatic N) is 3. The number of hydrogen-bond acceptors (Lipinski definition) is 5. The fraction of sp³-hybridized carbons (Fsp3) is 0.120. The fourth-order valence-corrected chi connectivity index (χ4v) is 3.36. The monoisotopic (exact) mass is 429 g/mol. The number of aromatic nitrogens is 1. The summed E-state index contributed by atoms with van der Waals surface area (Å²) in [7, 11) is 1.88. The molecular weight excluding hydrogens is 410 g/mol. The molecule has 0 aliphatic heterocycles. The maximum atomic E-state index is 9.51. The van der Waals surface area contributed by atoms with E-state index in [0.717, 1.165) is 16.7 Å². The van der Waals surface area contributed by atoms with Crippen LogP contribution in [0.2, 0.25) is 5.02 Å². The Hall–Kier alpha value is -3.75. The van der Waals surface area contributed by atoms with Crippen molar-refractivity contribution in [1.29, 1.82) is 5.26 Å². The van der Waals surface area contributed by atoms with E-state index >= 15 is 0 Å². The van der Waals surface area contributed by atoms with E-state index in [1.807, 2.05) is 90.8 Å². The Kier molecular flexibility index (Phi) is 6.21. The van der Waals surface area contributed by atoms with Gasteiger partial charge in [0.15, 0.2) is 0 Å². The first-order valence-corrected chi connectivity index (χ1v) is 10.1. The smallest absolute Gasteiger partial charge is 0.235 e. The standard InChI is InChI=1S/C25H20ClN3O2/c1-29(16-18-7-3-2-4-8-18)25-23(15-27)28-24(31-25)19-11-13-21(14-12-19)30-17-20-9-5-6-10-22(20)26/h2-14H,16-17H2,1H3. The van der Waals surface area contributed by atoms with E-state index in [0.29, 0.717) is 35.7 Å². The van der Waals surface area contributed by atoms with Gasteiger partial charge in [-0.25, -0.2) is 0 Å². The maximum Gasteiger partial charge on any atom is 0.235 e. The molecule has 0 bridgehead atoms. The normalized spacial score (nSPS) is 10.5. The summed E-state index contributed by atoms with van der Waals surface area (Å²) in [5.74, 6) is 1.54. The van der Waals surface area contributed by atoms with Gasteiger partial charge in [-0.05, 0) is 35.9 Å². The third-order valence-electron chi connectivity index (χ3n) is 4.78. The third kappa shape index (κ3) is 4.88. The van der Waals surface area contributed by atoms with Crippen molar-refractivity contribution in [2.75, 3.05) is 11.9 Å². The molecule has 31 heavy (non-hydrogen) atoms. The van der Waals surface area contributed by atoms with Crippen LogP contribution in [-0.4, -0.2) is 12.0 Å². The first-order chi connectivity index (χ1) is 15.1. The van der Waals surface area contributed by atoms with Gasteiger partial charge in [0, 0.05) is 29.7 Å². The van der Waals surface area contributed by atoms with Crippen LogP contribution in [-0.2, 0) is 13.2 Å². The minimum Gasteiger partial charge on any atom is -0.489 e. The zero-order chi connectivity index (χ0) is 21.6. The van der Waals surface area contributed by atoms with Crippen LogP contribution >= 0.6 is 11.6 Å². The molecule has 0 aliphatic carbocycles. The second kappa shape index (κ2) is 9.38. The highest BCUT2D eigenvalue weighted by Gasteiger charge is 2.18. The van der Waals surface area contributed by atoms with Crippen molar-refractivity contribution >= 4 is 17.5 Å². The van der Waals surface area contributed by atoms with Gasteiger partial charge in [0.2, 0.25) is 17.5 Å². The van der Waals surface area contributed by atoms with Gasteiger partial charge in [-0.3, -0.25) is 0 Å². The summed E-state index contributed by atoms with van der Waals surface area (Å²) in [6.45, 7) is 0.990. The van der Waals surface area contributed by atoms with Crippen molar-refractivity contribution in [3.8, 4) is 23.3 Å². The Morgan fingerprint density at radius 3 is 2.42 bits per heavy atom. The Bertz CT molecular complexity index is 1200. The number of benzene rings is 3. The van der Waals surface area contributed by atoms with Crippen LogP contribution < -0.4 is 9.64 Å². The van der Waals surface area contributed by atoms with Gasteiger partial charge in [-0.1, -0.05) is 60.1 Å². The average Bonchev–Trinajstić information content (AvgIpc) is 3.24. The summed E-state index contributed by atoms with van der Waals surface area (Å²) >= 11 is 6.17. The Morgan fingerprint density at radius 2 is 1.71 bits per heavy atom. The molecule has 5 nitrogen and oxygen atoms in total. The van der Waals surface area contributed by atoms with E-state index in [4.69, 9.17) is 20.8 Å². The van der Waals surface area contributed by atoms with E-state index in [9.17, 15) is 5.26 Å². The van der Waals surface area contributed by atoms with E-state index in [1.54, 1.807) is 0 Å². The number of anilines is 1. The SMILES string of the molecule is CN(Cc1ccccc1)c1oc(-c2ccc(OCc3ccccc3Cl)cc2)nc1C#N. The average molecular weight is 430 g/mol. The summed E-state index contributed by atoms with van der Waals surface area (Å²) in [6, 6.07) is 27.1. The molecule has 0 amide bonds. The second-order valence-corrected chi connectivity index (χ2v) is 7.44. The molecular formula is C25H20ClN3O2. The lowest BCUT2D eigenvalue weighted by atomic mass is 10.2. The summed E-state index contributed by atoms with van der Waals surface area (Å²) in [4.78, 5) is 6.25. The van der Waals surface area contributed by atoms with Gasteiger partial charge in [0.25, 0.3) is 0 Å². The molecule has 0 atom stereocenters. The molecule has 0 radical (unpaired) electrons. The molecule has 0 aliphatic rings. The fourth-order valence-electron chi connectivity index (χ4n) is 3.17. The zero-order valence-corrected chi connectivity index (χ0v) is 17.7. The van der Waals surface area contributed by atoms with Crippen molar-refractivity contribution < 1.29 is 9.15 Å². The minimum absolute atomic E-state index is 0.257. The predicted octanol–water partition coefficient (Wildman–Crippen LogP) is 6.08. The molecule has 0 fully saturated rings. The van der Waals surface area contributed by atoms with Crippen LogP contribution in [0.1, 0.15) is 16.8 Å². The van der Waals surface area contributed by atoms with Gasteiger partial charge < -0.3 is 14.1 Å². The molecule has 154 valence electrons. The molecule has 1 aromatic heterocycles. The molecule has 3 aromatic carbocycles. The highest BCUT2D eigenvalue weighted by Crippen LogP contribution is 2.29. The highest BCUT2D eigenvalue weighted by atomic mass is 35.5. The summed E-state index contributed by atoms with van der Waals surface area (Å²) in [6.07, 6.45) is 0.